The lowest BCUT2D eigenvalue weighted by molar-refractivity contribution is -0.128. The van der Waals surface area contributed by atoms with E-state index in [0.29, 0.717) is 72.2 Å². The van der Waals surface area contributed by atoms with Gasteiger partial charge < -0.3 is 30.2 Å². The Bertz CT molecular complexity index is 1980. The molecule has 18 heteroatoms. The molecule has 2 fully saturated rings. The topological polar surface area (TPSA) is 206 Å². The van der Waals surface area contributed by atoms with E-state index < -0.39 is 16.5 Å². The fraction of sp³-hybridized carbons (Fsp3) is 0.485. The van der Waals surface area contributed by atoms with E-state index in [1.807, 2.05) is 22.4 Å². The van der Waals surface area contributed by atoms with Crippen LogP contribution in [-0.4, -0.2) is 105 Å². The Hall–Kier alpha value is -3.33. The summed E-state index contributed by atoms with van der Waals surface area (Å²) < 4.78 is 53.1. The molecule has 6 rings (SSSR count). The molecule has 2 aliphatic heterocycles. The number of hydrogen-bond donors (Lipinski definition) is 6. The minimum atomic E-state index is -4.67. The zero-order valence-corrected chi connectivity index (χ0v) is 30.6. The smallest absolute Gasteiger partial charge is 0.394 e. The molecule has 51 heavy (non-hydrogen) atoms. The van der Waals surface area contributed by atoms with E-state index in [1.165, 1.54) is 23.5 Å². The molecule has 2 aromatic heterocycles. The van der Waals surface area contributed by atoms with E-state index in [9.17, 15) is 24.2 Å². The maximum absolute atomic E-state index is 14.7. The van der Waals surface area contributed by atoms with Gasteiger partial charge in [0.05, 0.1) is 34.6 Å². The van der Waals surface area contributed by atoms with Gasteiger partial charge >= 0.3 is 15.3 Å². The number of nitrogens with zero attached hydrogens (tertiary/aromatic N) is 3. The molecular formula is C33H42FN5O9S3. The Morgan fingerprint density at radius 3 is 2.59 bits per heavy atom. The number of nitrogens with one attached hydrogen (secondary N) is 2. The number of carbonyl (C=O) groups excluding carboxylic acids is 1. The summed E-state index contributed by atoms with van der Waals surface area (Å²) in [4.78, 5) is 36.1. The second-order valence-corrected chi connectivity index (χ2v) is 15.8. The number of morpholine rings is 1. The highest BCUT2D eigenvalue weighted by molar-refractivity contribution is 7.79. The summed E-state index contributed by atoms with van der Waals surface area (Å²) in [6.07, 6.45) is 1.20. The number of hydrogen-bond acceptors (Lipinski definition) is 12. The Labute approximate surface area is 302 Å². The number of aromatic hydroxyl groups is 1. The number of H-pyrrole nitrogens is 1. The number of aromatic amines is 1. The lowest BCUT2D eigenvalue weighted by atomic mass is 9.89. The number of likely N-dealkylation sites (tertiary alicyclic amines) is 1. The van der Waals surface area contributed by atoms with Gasteiger partial charge in [-0.05, 0) is 49.1 Å². The second-order valence-electron chi connectivity index (χ2n) is 13.0. The fourth-order valence-electron chi connectivity index (χ4n) is 6.30. The Morgan fingerprint density at radius 1 is 1.18 bits per heavy atom. The first-order chi connectivity index (χ1) is 24.1. The number of aromatic nitrogens is 2. The van der Waals surface area contributed by atoms with E-state index in [0.717, 1.165) is 47.8 Å². The lowest BCUT2D eigenvalue weighted by Crippen LogP contribution is -2.58. The number of amides is 1. The number of aliphatic hydroxyl groups is 1. The van der Waals surface area contributed by atoms with E-state index in [4.69, 9.17) is 22.3 Å². The molecule has 4 aromatic rings. The maximum Gasteiger partial charge on any atom is 0.394 e. The molecule has 278 valence electrons. The number of halogens is 1. The molecular weight excluding hydrogens is 726 g/mol. The third kappa shape index (κ3) is 10.4. The van der Waals surface area contributed by atoms with E-state index in [-0.39, 0.29) is 34.5 Å². The summed E-state index contributed by atoms with van der Waals surface area (Å²) in [5.74, 6) is -0.0234. The molecule has 6 N–H and O–H groups in total. The summed E-state index contributed by atoms with van der Waals surface area (Å²) in [5.41, 5.74) is 2.69. The standard InChI is InChI=1S/C33H40FN5O5S2.H2O4S/c1-20(2)30-36-25(18-45-30)31(42)39-13-14-44-33(19-39)8-11-38(12-9-33)17-21-3-5-24(34)22(15-21)7-10-35-16-27(41)23-4-6-26(40)28-29(23)46-32(43)37-28;1-5(2,3)4/h3-6,15,18,20,27,35,40-41H,7-14,16-17,19H2,1-2H3,(H,37,43);(H2,1,2,3,4)/t27-;/m0./s1. The van der Waals surface area contributed by atoms with Crippen molar-refractivity contribution in [2.75, 3.05) is 45.9 Å². The maximum atomic E-state index is 14.7. The molecule has 0 radical (unpaired) electrons. The van der Waals surface area contributed by atoms with Crippen molar-refractivity contribution in [1.29, 1.82) is 0 Å². The lowest BCUT2D eigenvalue weighted by Gasteiger charge is -2.47. The second kappa shape index (κ2) is 16.6. The average Bonchev–Trinajstić information content (AvgIpc) is 3.73. The van der Waals surface area contributed by atoms with Crippen LogP contribution in [0.2, 0.25) is 0 Å². The molecule has 2 aliphatic rings. The van der Waals surface area contributed by atoms with Crippen LogP contribution in [-0.2, 0) is 28.1 Å². The first-order valence-electron chi connectivity index (χ1n) is 16.4. The van der Waals surface area contributed by atoms with Gasteiger partial charge in [0.2, 0.25) is 0 Å². The van der Waals surface area contributed by atoms with Gasteiger partial charge in [-0.3, -0.25) is 23.6 Å². The number of ether oxygens (including phenoxy) is 1. The molecule has 0 aliphatic carbocycles. The van der Waals surface area contributed by atoms with Crippen LogP contribution < -0.4 is 10.2 Å². The summed E-state index contributed by atoms with van der Waals surface area (Å²) in [7, 11) is -4.67. The highest BCUT2D eigenvalue weighted by Gasteiger charge is 2.41. The van der Waals surface area contributed by atoms with Crippen molar-refractivity contribution in [1.82, 2.24) is 25.1 Å². The summed E-state index contributed by atoms with van der Waals surface area (Å²) in [5, 5.41) is 26.8. The molecule has 0 unspecified atom stereocenters. The van der Waals surface area contributed by atoms with Crippen molar-refractivity contribution < 1.29 is 41.7 Å². The van der Waals surface area contributed by atoms with E-state index in [1.54, 1.807) is 6.07 Å². The number of carbonyl (C=O) groups is 1. The highest BCUT2D eigenvalue weighted by Crippen LogP contribution is 2.33. The molecule has 1 spiro atoms. The number of piperidine rings is 1. The molecule has 1 atom stereocenters. The highest BCUT2D eigenvalue weighted by atomic mass is 32.3. The Kier molecular flexibility index (Phi) is 12.6. The SMILES string of the molecule is CC(C)c1nc(C(=O)N2CCOC3(CCN(Cc4ccc(F)c(CCNC[C@H](O)c5ccc(O)c6[nH]c(=O)sc56)c4)CC3)C2)cs1.O=S(=O)(O)O. The number of benzene rings is 2. The van der Waals surface area contributed by atoms with Crippen LogP contribution in [0.3, 0.4) is 0 Å². The van der Waals surface area contributed by atoms with Crippen LogP contribution in [0, 0.1) is 5.82 Å². The minimum Gasteiger partial charge on any atom is -0.506 e. The van der Waals surface area contributed by atoms with Crippen LogP contribution in [0.1, 0.15) is 70.9 Å². The van der Waals surface area contributed by atoms with Crippen LogP contribution >= 0.6 is 22.7 Å². The van der Waals surface area contributed by atoms with E-state index in [2.05, 4.69) is 34.0 Å². The van der Waals surface area contributed by atoms with Gasteiger partial charge in [-0.2, -0.15) is 8.42 Å². The third-order valence-electron chi connectivity index (χ3n) is 8.91. The van der Waals surface area contributed by atoms with Gasteiger partial charge in [-0.25, -0.2) is 9.37 Å². The summed E-state index contributed by atoms with van der Waals surface area (Å²) in [6.45, 7) is 8.84. The number of fused-ring (bicyclic) bond motifs is 1. The minimum absolute atomic E-state index is 0.0206. The summed E-state index contributed by atoms with van der Waals surface area (Å²) >= 11 is 2.48. The van der Waals surface area contributed by atoms with Crippen molar-refractivity contribution in [3.8, 4) is 5.75 Å². The Balaban J connectivity index is 0.000000943. The number of phenolic OH excluding ortho intramolecular Hbond substituents is 1. The number of rotatable bonds is 10. The normalized spacial score (nSPS) is 17.1. The van der Waals surface area contributed by atoms with Crippen LogP contribution in [0.5, 0.6) is 5.75 Å². The van der Waals surface area contributed by atoms with Gasteiger partial charge in [0, 0.05) is 49.6 Å². The van der Waals surface area contributed by atoms with Crippen molar-refractivity contribution in [3.05, 3.63) is 78.6 Å². The predicted octanol–water partition coefficient (Wildman–Crippen LogP) is 3.73. The molecule has 0 saturated carbocycles. The van der Waals surface area contributed by atoms with Crippen molar-refractivity contribution in [2.24, 2.45) is 0 Å². The number of phenols is 1. The third-order valence-corrected chi connectivity index (χ3v) is 11.0. The first-order valence-corrected chi connectivity index (χ1v) is 19.5. The monoisotopic (exact) mass is 767 g/mol. The fourth-order valence-corrected chi connectivity index (χ4v) is 8.03. The van der Waals surface area contributed by atoms with Gasteiger partial charge in [-0.15, -0.1) is 11.3 Å². The van der Waals surface area contributed by atoms with Gasteiger partial charge in [-0.1, -0.05) is 43.4 Å². The molecule has 1 amide bonds. The Morgan fingerprint density at radius 2 is 1.90 bits per heavy atom. The largest absolute Gasteiger partial charge is 0.506 e. The van der Waals surface area contributed by atoms with Crippen molar-refractivity contribution in [3.63, 3.8) is 0 Å². The predicted molar refractivity (Wildman–Crippen MR) is 192 cm³/mol. The average molecular weight is 768 g/mol. The molecule has 2 saturated heterocycles. The zero-order chi connectivity index (χ0) is 36.9. The quantitative estimate of drug-likeness (QED) is 0.101. The molecule has 0 bridgehead atoms. The van der Waals surface area contributed by atoms with Crippen LogP contribution in [0.4, 0.5) is 4.39 Å². The molecule has 2 aromatic carbocycles. The van der Waals surface area contributed by atoms with Gasteiger partial charge in [0.1, 0.15) is 22.8 Å². The van der Waals surface area contributed by atoms with Crippen LogP contribution in [0.25, 0.3) is 10.2 Å². The van der Waals surface area contributed by atoms with Gasteiger partial charge in [0.25, 0.3) is 5.91 Å². The molecule has 14 nitrogen and oxygen atoms in total. The number of thiazole rings is 2. The van der Waals surface area contributed by atoms with Crippen molar-refractivity contribution >= 4 is 49.2 Å². The summed E-state index contributed by atoms with van der Waals surface area (Å²) in [6, 6.07) is 8.32. The van der Waals surface area contributed by atoms with Gasteiger partial charge in [0.15, 0.2) is 0 Å². The van der Waals surface area contributed by atoms with E-state index >= 15 is 0 Å². The van der Waals surface area contributed by atoms with Crippen LogP contribution in [0.15, 0.2) is 40.5 Å². The molecule has 4 heterocycles. The van der Waals surface area contributed by atoms with Crippen molar-refractivity contribution in [2.45, 2.75) is 57.3 Å². The number of aliphatic hydroxyl groups excluding tert-OH is 1. The first kappa shape index (κ1) is 38.9. The zero-order valence-electron chi connectivity index (χ0n) is 28.2.